The molecule has 15 atom stereocenters. The molecule has 0 unspecified atom stereocenters. The van der Waals surface area contributed by atoms with E-state index < -0.39 is 134 Å². The SMILES string of the molecule is COc1ccc(-c2oc3c(CC=C(C)C)c(O[C@@H]4O[C@H](CO)[C@@H](O)[C@H](O)[C@H]4O)cc(O)c3c(=O)c2O[C@H]2O[C@H](C)[C@@H](OC(C)=O)[C@H](O)[C@@H]2O[C@H]2O[C@@H](CO)[C@H](O)[C@@H](O)[C@@H]2O)cc1. The highest BCUT2D eigenvalue weighted by Gasteiger charge is 2.52. The fraction of sp³-hybridized carbons (Fsp3) is 0.561. The Kier molecular flexibility index (Phi) is 14.8. The summed E-state index contributed by atoms with van der Waals surface area (Å²) in [4.78, 5) is 27.0. The van der Waals surface area contributed by atoms with Gasteiger partial charge in [0.2, 0.25) is 23.8 Å². The summed E-state index contributed by atoms with van der Waals surface area (Å²) in [5.41, 5.74) is -0.122. The number of phenolic OH excluding ortho intramolecular Hbond substituents is 1. The van der Waals surface area contributed by atoms with Crippen molar-refractivity contribution in [1.82, 2.24) is 0 Å². The third kappa shape index (κ3) is 9.40. The maximum absolute atomic E-state index is 14.9. The number of aliphatic hydroxyl groups is 9. The second kappa shape index (κ2) is 19.5. The monoisotopic (exact) mass is 880 g/mol. The number of ether oxygens (including phenoxy) is 8. The molecular formula is C41H52O21. The number of rotatable bonds is 13. The Balaban J connectivity index is 1.52. The number of hydrogen-bond acceptors (Lipinski definition) is 21. The maximum Gasteiger partial charge on any atom is 0.303 e. The molecular weight excluding hydrogens is 828 g/mol. The summed E-state index contributed by atoms with van der Waals surface area (Å²) >= 11 is 0. The molecule has 3 aromatic rings. The van der Waals surface area contributed by atoms with Gasteiger partial charge in [-0.1, -0.05) is 11.6 Å². The molecule has 0 aliphatic carbocycles. The van der Waals surface area contributed by atoms with Gasteiger partial charge in [0.1, 0.15) is 83.2 Å². The van der Waals surface area contributed by atoms with Crippen LogP contribution in [-0.2, 0) is 34.9 Å². The molecule has 0 spiro atoms. The van der Waals surface area contributed by atoms with Crippen LogP contribution in [0.4, 0.5) is 0 Å². The minimum Gasteiger partial charge on any atom is -0.507 e. The van der Waals surface area contributed by atoms with E-state index in [0.29, 0.717) is 5.75 Å². The predicted octanol–water partition coefficient (Wildman–Crippen LogP) is -1.54. The van der Waals surface area contributed by atoms with Gasteiger partial charge in [-0.05, 0) is 51.5 Å². The van der Waals surface area contributed by atoms with Gasteiger partial charge in [0.15, 0.2) is 24.3 Å². The molecule has 62 heavy (non-hydrogen) atoms. The summed E-state index contributed by atoms with van der Waals surface area (Å²) in [6.07, 6.45) is -23.7. The second-order valence-corrected chi connectivity index (χ2v) is 15.4. The molecule has 0 saturated carbocycles. The van der Waals surface area contributed by atoms with Crippen LogP contribution in [0.15, 0.2) is 51.2 Å². The molecule has 0 amide bonds. The number of aliphatic hydroxyl groups excluding tert-OH is 9. The number of aromatic hydroxyl groups is 1. The Morgan fingerprint density at radius 3 is 1.92 bits per heavy atom. The zero-order valence-electron chi connectivity index (χ0n) is 34.2. The van der Waals surface area contributed by atoms with Crippen LogP contribution in [0.5, 0.6) is 23.0 Å². The van der Waals surface area contributed by atoms with Crippen molar-refractivity contribution in [1.29, 1.82) is 0 Å². The molecule has 4 heterocycles. The lowest BCUT2D eigenvalue weighted by Crippen LogP contribution is -2.65. The van der Waals surface area contributed by atoms with E-state index in [-0.39, 0.29) is 34.6 Å². The van der Waals surface area contributed by atoms with Crippen LogP contribution >= 0.6 is 0 Å². The average Bonchev–Trinajstić information content (AvgIpc) is 3.24. The number of carbonyl (C=O) groups excluding carboxylic acids is 1. The summed E-state index contributed by atoms with van der Waals surface area (Å²) in [6, 6.07) is 7.14. The van der Waals surface area contributed by atoms with Crippen LogP contribution < -0.4 is 19.6 Å². The van der Waals surface area contributed by atoms with Crippen molar-refractivity contribution < 1.29 is 98.2 Å². The fourth-order valence-electron chi connectivity index (χ4n) is 7.33. The number of methoxy groups -OCH3 is 1. The van der Waals surface area contributed by atoms with Gasteiger partial charge in [0, 0.05) is 24.1 Å². The smallest absolute Gasteiger partial charge is 0.303 e. The van der Waals surface area contributed by atoms with Crippen molar-refractivity contribution in [2.24, 2.45) is 0 Å². The van der Waals surface area contributed by atoms with Crippen molar-refractivity contribution in [3.05, 3.63) is 57.8 Å². The largest absolute Gasteiger partial charge is 0.507 e. The second-order valence-electron chi connectivity index (χ2n) is 15.4. The van der Waals surface area contributed by atoms with Crippen LogP contribution in [0.25, 0.3) is 22.3 Å². The molecule has 6 rings (SSSR count). The predicted molar refractivity (Wildman–Crippen MR) is 209 cm³/mol. The molecule has 21 nitrogen and oxygen atoms in total. The van der Waals surface area contributed by atoms with E-state index in [0.717, 1.165) is 18.6 Å². The van der Waals surface area contributed by atoms with Crippen LogP contribution in [0.2, 0.25) is 0 Å². The molecule has 3 saturated heterocycles. The quantitative estimate of drug-likeness (QED) is 0.0687. The average molecular weight is 881 g/mol. The van der Waals surface area contributed by atoms with Crippen LogP contribution in [-0.4, -0.2) is 169 Å². The van der Waals surface area contributed by atoms with E-state index in [1.807, 2.05) is 0 Å². The Labute approximate surface area is 353 Å². The molecule has 342 valence electrons. The van der Waals surface area contributed by atoms with Gasteiger partial charge in [-0.15, -0.1) is 0 Å². The molecule has 1 aromatic heterocycles. The van der Waals surface area contributed by atoms with Crippen LogP contribution in [0, 0.1) is 0 Å². The van der Waals surface area contributed by atoms with Gasteiger partial charge in [-0.3, -0.25) is 9.59 Å². The van der Waals surface area contributed by atoms with E-state index in [9.17, 15) is 60.7 Å². The first-order valence-corrected chi connectivity index (χ1v) is 19.6. The molecule has 21 heteroatoms. The van der Waals surface area contributed by atoms with Gasteiger partial charge in [-0.2, -0.15) is 0 Å². The first kappa shape index (κ1) is 47.0. The number of fused-ring (bicyclic) bond motifs is 1. The number of phenols is 1. The Hall–Kier alpha value is -4.46. The van der Waals surface area contributed by atoms with Crippen molar-refractivity contribution >= 4 is 16.9 Å². The van der Waals surface area contributed by atoms with E-state index >= 15 is 0 Å². The lowest BCUT2D eigenvalue weighted by molar-refractivity contribution is -0.355. The minimum absolute atomic E-state index is 0.0148. The number of benzene rings is 2. The van der Waals surface area contributed by atoms with E-state index in [1.54, 1.807) is 32.1 Å². The lowest BCUT2D eigenvalue weighted by Gasteiger charge is -2.46. The van der Waals surface area contributed by atoms with Gasteiger partial charge in [0.25, 0.3) is 0 Å². The van der Waals surface area contributed by atoms with Crippen LogP contribution in [0.3, 0.4) is 0 Å². The molecule has 10 N–H and O–H groups in total. The van der Waals surface area contributed by atoms with Gasteiger partial charge in [-0.25, -0.2) is 0 Å². The maximum atomic E-state index is 14.9. The highest BCUT2D eigenvalue weighted by molar-refractivity contribution is 5.91. The van der Waals surface area contributed by atoms with Gasteiger partial charge >= 0.3 is 5.97 Å². The van der Waals surface area contributed by atoms with Crippen molar-refractivity contribution in [2.45, 2.75) is 126 Å². The Morgan fingerprint density at radius 2 is 1.35 bits per heavy atom. The minimum atomic E-state index is -1.97. The van der Waals surface area contributed by atoms with Crippen molar-refractivity contribution in [3.8, 4) is 34.3 Å². The number of allylic oxidation sites excluding steroid dienone is 2. The summed E-state index contributed by atoms with van der Waals surface area (Å²) in [5, 5.41) is 106. The normalized spacial score (nSPS) is 33.7. The van der Waals surface area contributed by atoms with E-state index in [2.05, 4.69) is 0 Å². The first-order valence-electron chi connectivity index (χ1n) is 19.6. The van der Waals surface area contributed by atoms with Crippen molar-refractivity contribution in [2.75, 3.05) is 20.3 Å². The molecule has 0 radical (unpaired) electrons. The van der Waals surface area contributed by atoms with Gasteiger partial charge in [0.05, 0.1) is 26.4 Å². The summed E-state index contributed by atoms with van der Waals surface area (Å²) < 4.78 is 52.4. The fourth-order valence-corrected chi connectivity index (χ4v) is 7.33. The molecule has 3 fully saturated rings. The third-order valence-corrected chi connectivity index (χ3v) is 10.8. The Morgan fingerprint density at radius 1 is 0.758 bits per heavy atom. The Bertz CT molecular complexity index is 2110. The van der Waals surface area contributed by atoms with Crippen molar-refractivity contribution in [3.63, 3.8) is 0 Å². The third-order valence-electron chi connectivity index (χ3n) is 10.8. The standard InChI is InChI=1S/C41H52O21/c1-15(2)6-11-20-22(57-39-31(51)29(49)26(46)23(13-42)58-39)12-21(45)25-28(48)37(35(60-36(20)25)18-7-9-19(54-5)10-8-18)61-41-38(33(53)34(16(3)55-41)56-17(4)44)62-40-32(52)30(50)27(47)24(14-43)59-40/h6-10,12,16,23-24,26-27,29-34,38-43,45-47,49-53H,11,13-14H2,1-5H3/t16-,23-,24+,26-,27+,29+,30-,31-,32+,33+,34-,38+,39-,40-,41-/m1/s1. The van der Waals surface area contributed by atoms with E-state index in [4.69, 9.17) is 42.3 Å². The van der Waals surface area contributed by atoms with Crippen LogP contribution in [0.1, 0.15) is 33.3 Å². The highest BCUT2D eigenvalue weighted by atomic mass is 16.8. The first-order chi connectivity index (χ1) is 29.4. The number of carbonyl (C=O) groups is 1. The van der Waals surface area contributed by atoms with E-state index in [1.165, 1.54) is 26.2 Å². The molecule has 2 aromatic carbocycles. The van der Waals surface area contributed by atoms with Gasteiger partial charge < -0.3 is 93.4 Å². The summed E-state index contributed by atoms with van der Waals surface area (Å²) in [6.45, 7) is 4.51. The zero-order chi connectivity index (χ0) is 45.3. The lowest BCUT2D eigenvalue weighted by atomic mass is 9.97. The molecule has 3 aliphatic heterocycles. The summed E-state index contributed by atoms with van der Waals surface area (Å²) in [5.74, 6) is -2.23. The molecule has 0 bridgehead atoms. The highest BCUT2D eigenvalue weighted by Crippen LogP contribution is 2.42. The number of esters is 1. The molecule has 3 aliphatic rings. The topological polar surface area (TPSA) is 323 Å². The number of hydrogen-bond donors (Lipinski definition) is 10. The zero-order valence-corrected chi connectivity index (χ0v) is 34.2. The summed E-state index contributed by atoms with van der Waals surface area (Å²) in [7, 11) is 1.43.